The molecule has 1 saturated heterocycles. The van der Waals surface area contributed by atoms with Crippen LogP contribution in [0.4, 0.5) is 8.78 Å². The van der Waals surface area contributed by atoms with Gasteiger partial charge in [0, 0.05) is 18.7 Å². The first-order valence-electron chi connectivity index (χ1n) is 10.8. The van der Waals surface area contributed by atoms with E-state index < -0.39 is 27.5 Å². The Kier molecular flexibility index (Phi) is 4.02. The smallest absolute Gasteiger partial charge is 0.276 e. The fourth-order valence-corrected chi connectivity index (χ4v) is 6.20. The van der Waals surface area contributed by atoms with Crippen LogP contribution in [0.15, 0.2) is 4.52 Å². The van der Waals surface area contributed by atoms with Gasteiger partial charge in [-0.15, -0.1) is 0 Å². The quantitative estimate of drug-likeness (QED) is 0.756. The Morgan fingerprint density at radius 2 is 1.84 bits per heavy atom. The van der Waals surface area contributed by atoms with Gasteiger partial charge in [0.15, 0.2) is 5.82 Å². The number of rotatable bonds is 4. The number of hydrogen-bond donors (Lipinski definition) is 1. The maximum Gasteiger partial charge on any atom is 0.276 e. The van der Waals surface area contributed by atoms with Gasteiger partial charge >= 0.3 is 0 Å². The van der Waals surface area contributed by atoms with E-state index in [-0.39, 0.29) is 37.6 Å². The molecule has 168 valence electrons. The van der Waals surface area contributed by atoms with Gasteiger partial charge in [0.2, 0.25) is 0 Å². The summed E-state index contributed by atoms with van der Waals surface area (Å²) in [6, 6.07) is 0.312. The average molecular weight is 455 g/mol. The molecule has 9 nitrogen and oxygen atoms in total. The van der Waals surface area contributed by atoms with Gasteiger partial charge in [-0.2, -0.15) is 22.8 Å². The lowest BCUT2D eigenvalue weighted by Gasteiger charge is -2.30. The van der Waals surface area contributed by atoms with Crippen molar-refractivity contribution in [1.82, 2.24) is 24.2 Å². The minimum Gasteiger partial charge on any atom is -0.332 e. The molecular weight excluding hydrogens is 430 g/mol. The number of nitrogens with zero attached hydrogens (tertiary/aromatic N) is 5. The van der Waals surface area contributed by atoms with Crippen LogP contribution in [-0.2, 0) is 23.1 Å². The Morgan fingerprint density at radius 1 is 1.13 bits per heavy atom. The van der Waals surface area contributed by atoms with E-state index in [0.29, 0.717) is 6.04 Å². The van der Waals surface area contributed by atoms with Crippen molar-refractivity contribution in [2.75, 3.05) is 13.1 Å². The summed E-state index contributed by atoms with van der Waals surface area (Å²) in [5.41, 5.74) is 1.60. The van der Waals surface area contributed by atoms with Crippen molar-refractivity contribution in [2.24, 2.45) is 10.6 Å². The zero-order valence-electron chi connectivity index (χ0n) is 16.9. The third kappa shape index (κ3) is 2.83. The Morgan fingerprint density at radius 3 is 2.52 bits per heavy atom. The SMILES string of the molecule is NS(=O)(=O)N1CCC2(CC1)[C@H](c1noc(-c3c4c(nn3C3CC3)CCCC4)n1)C2(F)F. The molecular formula is C19H24F2N6O3S. The second-order valence-electron chi connectivity index (χ2n) is 9.27. The Hall–Kier alpha value is -1.92. The molecule has 31 heavy (non-hydrogen) atoms. The molecule has 1 atom stereocenters. The number of piperidine rings is 1. The monoisotopic (exact) mass is 454 g/mol. The molecule has 0 aromatic carbocycles. The molecule has 6 rings (SSSR count). The summed E-state index contributed by atoms with van der Waals surface area (Å²) in [5, 5.41) is 13.9. The normalized spacial score (nSPS) is 27.4. The molecule has 2 aromatic rings. The highest BCUT2D eigenvalue weighted by Crippen LogP contribution is 2.75. The van der Waals surface area contributed by atoms with Crippen LogP contribution < -0.4 is 5.14 Å². The zero-order valence-corrected chi connectivity index (χ0v) is 17.7. The highest BCUT2D eigenvalue weighted by Gasteiger charge is 2.82. The molecule has 0 radical (unpaired) electrons. The van der Waals surface area contributed by atoms with Gasteiger partial charge in [-0.05, 0) is 51.4 Å². The minimum absolute atomic E-state index is 0.00263. The van der Waals surface area contributed by atoms with E-state index in [2.05, 4.69) is 10.1 Å². The van der Waals surface area contributed by atoms with E-state index in [1.165, 1.54) is 0 Å². The number of hydrogen-bond acceptors (Lipinski definition) is 6. The summed E-state index contributed by atoms with van der Waals surface area (Å²) in [6.07, 6.45) is 6.05. The molecule has 3 heterocycles. The Bertz CT molecular complexity index is 1150. The summed E-state index contributed by atoms with van der Waals surface area (Å²) >= 11 is 0. The van der Waals surface area contributed by atoms with Crippen LogP contribution in [0.1, 0.15) is 67.6 Å². The molecule has 0 unspecified atom stereocenters. The maximum atomic E-state index is 15.0. The molecule has 0 bridgehead atoms. The van der Waals surface area contributed by atoms with Crippen molar-refractivity contribution in [2.45, 2.75) is 69.2 Å². The molecule has 2 N–H and O–H groups in total. The van der Waals surface area contributed by atoms with Crippen LogP contribution in [0, 0.1) is 5.41 Å². The third-order valence-electron chi connectivity index (χ3n) is 7.45. The first kappa shape index (κ1) is 19.7. The molecule has 3 aliphatic carbocycles. The number of aryl methyl sites for hydroxylation is 1. The standard InChI is InChI=1S/C19H24F2N6O3S/c20-19(21)15(18(19)7-9-26(10-8-18)31(22,28)29)16-23-17(30-25-16)14-12-3-1-2-4-13(12)24-27(14)11-5-6-11/h11,15H,1-10H2,(H2,22,28,29)/t15-/m0/s1. The Balaban J connectivity index is 1.31. The van der Waals surface area contributed by atoms with Gasteiger partial charge in [-0.3, -0.25) is 4.68 Å². The van der Waals surface area contributed by atoms with Crippen molar-refractivity contribution in [3.63, 3.8) is 0 Å². The maximum absolute atomic E-state index is 15.0. The lowest BCUT2D eigenvalue weighted by atomic mass is 9.91. The first-order chi connectivity index (χ1) is 14.7. The molecule has 1 spiro atoms. The van der Waals surface area contributed by atoms with Crippen molar-refractivity contribution in [1.29, 1.82) is 0 Å². The molecule has 2 aromatic heterocycles. The van der Waals surface area contributed by atoms with E-state index >= 15 is 0 Å². The third-order valence-corrected chi connectivity index (χ3v) is 8.53. The molecule has 3 fully saturated rings. The van der Waals surface area contributed by atoms with Crippen molar-refractivity contribution in [3.05, 3.63) is 17.1 Å². The van der Waals surface area contributed by atoms with Crippen LogP contribution >= 0.6 is 0 Å². The summed E-state index contributed by atoms with van der Waals surface area (Å²) in [4.78, 5) is 4.43. The van der Waals surface area contributed by atoms with Gasteiger partial charge in [0.1, 0.15) is 5.69 Å². The highest BCUT2D eigenvalue weighted by molar-refractivity contribution is 7.86. The van der Waals surface area contributed by atoms with E-state index in [9.17, 15) is 17.2 Å². The molecule has 12 heteroatoms. The Labute approximate surface area is 178 Å². The second-order valence-corrected chi connectivity index (χ2v) is 10.8. The van der Waals surface area contributed by atoms with Crippen LogP contribution in [-0.4, -0.2) is 51.7 Å². The van der Waals surface area contributed by atoms with Gasteiger partial charge < -0.3 is 4.52 Å². The fourth-order valence-electron chi connectivity index (χ4n) is 5.51. The molecule has 0 amide bonds. The lowest BCUT2D eigenvalue weighted by molar-refractivity contribution is 0.0411. The molecule has 4 aliphatic rings. The predicted octanol–water partition coefficient (Wildman–Crippen LogP) is 2.17. The van der Waals surface area contributed by atoms with Crippen molar-refractivity contribution in [3.8, 4) is 11.6 Å². The van der Waals surface area contributed by atoms with Crippen LogP contribution in [0.25, 0.3) is 11.6 Å². The topological polar surface area (TPSA) is 120 Å². The van der Waals surface area contributed by atoms with E-state index in [1.807, 2.05) is 4.68 Å². The van der Waals surface area contributed by atoms with Crippen molar-refractivity contribution < 1.29 is 21.7 Å². The van der Waals surface area contributed by atoms with Gasteiger partial charge in [-0.1, -0.05) is 5.16 Å². The zero-order chi connectivity index (χ0) is 21.6. The molecule has 1 aliphatic heterocycles. The van der Waals surface area contributed by atoms with Gasteiger partial charge in [0.05, 0.1) is 23.1 Å². The highest BCUT2D eigenvalue weighted by atomic mass is 32.2. The summed E-state index contributed by atoms with van der Waals surface area (Å²) < 4.78 is 61.5. The lowest BCUT2D eigenvalue weighted by Crippen LogP contribution is -2.43. The van der Waals surface area contributed by atoms with Crippen LogP contribution in [0.5, 0.6) is 0 Å². The fraction of sp³-hybridized carbons (Fsp3) is 0.737. The first-order valence-corrected chi connectivity index (χ1v) is 12.3. The summed E-state index contributed by atoms with van der Waals surface area (Å²) in [6.45, 7) is -0.0603. The summed E-state index contributed by atoms with van der Waals surface area (Å²) in [7, 11) is -3.88. The van der Waals surface area contributed by atoms with E-state index in [0.717, 1.165) is 59.8 Å². The molecule has 2 saturated carbocycles. The largest absolute Gasteiger partial charge is 0.332 e. The predicted molar refractivity (Wildman–Crippen MR) is 104 cm³/mol. The average Bonchev–Trinajstić information content (AvgIpc) is 3.49. The van der Waals surface area contributed by atoms with Gasteiger partial charge in [-0.25, -0.2) is 13.9 Å². The van der Waals surface area contributed by atoms with Crippen LogP contribution in [0.2, 0.25) is 0 Å². The summed E-state index contributed by atoms with van der Waals surface area (Å²) in [5.74, 6) is -3.92. The number of nitrogens with two attached hydrogens (primary N) is 1. The number of alkyl halides is 2. The number of aromatic nitrogens is 4. The van der Waals surface area contributed by atoms with E-state index in [4.69, 9.17) is 14.8 Å². The van der Waals surface area contributed by atoms with E-state index in [1.54, 1.807) is 0 Å². The number of fused-ring (bicyclic) bond motifs is 1. The minimum atomic E-state index is -3.88. The van der Waals surface area contributed by atoms with Crippen molar-refractivity contribution >= 4 is 10.2 Å². The van der Waals surface area contributed by atoms with Crippen LogP contribution in [0.3, 0.4) is 0 Å². The van der Waals surface area contributed by atoms with Gasteiger partial charge in [0.25, 0.3) is 22.0 Å². The number of halogens is 2. The second kappa shape index (κ2) is 6.32.